The van der Waals surface area contributed by atoms with Crippen LogP contribution in [0.25, 0.3) is 11.0 Å². The number of fused-ring (bicyclic) bond motifs is 1. The van der Waals surface area contributed by atoms with Crippen molar-refractivity contribution < 1.29 is 18.7 Å². The van der Waals surface area contributed by atoms with Crippen molar-refractivity contribution in [3.63, 3.8) is 0 Å². The zero-order valence-electron chi connectivity index (χ0n) is 13.1. The zero-order chi connectivity index (χ0) is 17.3. The number of halogens is 2. The lowest BCUT2D eigenvalue weighted by molar-refractivity contribution is -0.131. The highest BCUT2D eigenvalue weighted by atomic mass is 35.5. The van der Waals surface area contributed by atoms with Crippen molar-refractivity contribution in [2.24, 2.45) is 0 Å². The van der Waals surface area contributed by atoms with E-state index in [1.54, 1.807) is 18.2 Å². The second-order valence-electron chi connectivity index (χ2n) is 5.33. The molecule has 4 nitrogen and oxygen atoms in total. The Hall–Kier alpha value is -2.17. The second-order valence-corrected chi connectivity index (χ2v) is 6.18. The number of carbonyl (C=O) groups excluding carboxylic acids is 1. The van der Waals surface area contributed by atoms with Gasteiger partial charge in [0.1, 0.15) is 24.2 Å². The number of furan rings is 1. The van der Waals surface area contributed by atoms with Gasteiger partial charge in [-0.25, -0.2) is 0 Å². The smallest absolute Gasteiger partial charge is 0.308 e. The fourth-order valence-electron chi connectivity index (χ4n) is 2.32. The van der Waals surface area contributed by atoms with Gasteiger partial charge in [-0.2, -0.15) is 0 Å². The van der Waals surface area contributed by atoms with Crippen molar-refractivity contribution in [3.8, 4) is 11.5 Å². The van der Waals surface area contributed by atoms with Crippen LogP contribution in [0, 0.1) is 6.92 Å². The van der Waals surface area contributed by atoms with Gasteiger partial charge in [0.25, 0.3) is 0 Å². The molecule has 0 saturated heterocycles. The van der Waals surface area contributed by atoms with Gasteiger partial charge in [-0.15, -0.1) is 0 Å². The van der Waals surface area contributed by atoms with Gasteiger partial charge in [0.15, 0.2) is 5.75 Å². The molecule has 0 fully saturated rings. The van der Waals surface area contributed by atoms with E-state index >= 15 is 0 Å². The third kappa shape index (κ3) is 3.50. The van der Waals surface area contributed by atoms with Crippen molar-refractivity contribution in [1.29, 1.82) is 0 Å². The maximum atomic E-state index is 11.1. The third-order valence-corrected chi connectivity index (χ3v) is 4.07. The molecule has 0 saturated carbocycles. The molecule has 0 aliphatic carbocycles. The molecule has 1 heterocycles. The van der Waals surface area contributed by atoms with E-state index in [0.717, 1.165) is 16.5 Å². The first kappa shape index (κ1) is 16.7. The zero-order valence-corrected chi connectivity index (χ0v) is 14.6. The van der Waals surface area contributed by atoms with Crippen LogP contribution >= 0.6 is 23.2 Å². The predicted molar refractivity (Wildman–Crippen MR) is 93.1 cm³/mol. The summed E-state index contributed by atoms with van der Waals surface area (Å²) in [5, 5.41) is 1.85. The molecular weight excluding hydrogens is 351 g/mol. The second kappa shape index (κ2) is 6.75. The minimum absolute atomic E-state index is 0.305. The molecule has 0 amide bonds. The van der Waals surface area contributed by atoms with E-state index in [-0.39, 0.29) is 0 Å². The normalized spacial score (nSPS) is 10.8. The van der Waals surface area contributed by atoms with Crippen LogP contribution in [0.5, 0.6) is 11.5 Å². The highest BCUT2D eigenvalue weighted by Crippen LogP contribution is 2.34. The number of carbonyl (C=O) groups is 1. The van der Waals surface area contributed by atoms with Gasteiger partial charge in [-0.05, 0) is 30.7 Å². The van der Waals surface area contributed by atoms with Crippen molar-refractivity contribution in [2.75, 3.05) is 0 Å². The molecule has 0 aliphatic heterocycles. The van der Waals surface area contributed by atoms with E-state index in [4.69, 9.17) is 37.1 Å². The number of aryl methyl sites for hydroxylation is 1. The molecule has 2 aromatic carbocycles. The molecule has 0 spiro atoms. The van der Waals surface area contributed by atoms with Crippen molar-refractivity contribution in [1.82, 2.24) is 0 Å². The standard InChI is InChI=1S/C18H14Cl2O4/c1-10-5-14-17(23-9-18(14)24-11(2)21)7-16(10)22-8-12-3-4-13(19)6-15(12)20/h3-7,9H,8H2,1-2H3. The van der Waals surface area contributed by atoms with Crippen LogP contribution in [-0.4, -0.2) is 5.97 Å². The van der Waals surface area contributed by atoms with Crippen LogP contribution < -0.4 is 9.47 Å². The molecule has 0 atom stereocenters. The molecule has 24 heavy (non-hydrogen) atoms. The van der Waals surface area contributed by atoms with E-state index in [9.17, 15) is 4.79 Å². The summed E-state index contributed by atoms with van der Waals surface area (Å²) in [6, 6.07) is 8.89. The van der Waals surface area contributed by atoms with E-state index in [1.807, 2.05) is 19.1 Å². The maximum Gasteiger partial charge on any atom is 0.308 e. The Kier molecular flexibility index (Phi) is 4.69. The number of benzene rings is 2. The lowest BCUT2D eigenvalue weighted by Crippen LogP contribution is -2.00. The number of hydrogen-bond donors (Lipinski definition) is 0. The van der Waals surface area contributed by atoms with Crippen LogP contribution in [0.2, 0.25) is 10.0 Å². The van der Waals surface area contributed by atoms with E-state index in [1.165, 1.54) is 13.2 Å². The van der Waals surface area contributed by atoms with Gasteiger partial charge in [0.05, 0.1) is 5.39 Å². The van der Waals surface area contributed by atoms with E-state index in [0.29, 0.717) is 33.7 Å². The number of rotatable bonds is 4. The minimum atomic E-state index is -0.395. The van der Waals surface area contributed by atoms with Crippen molar-refractivity contribution >= 4 is 40.1 Å². The Morgan fingerprint density at radius 3 is 2.67 bits per heavy atom. The fraction of sp³-hybridized carbons (Fsp3) is 0.167. The Bertz CT molecular complexity index is 915. The predicted octanol–water partition coefficient (Wildman–Crippen LogP) is 5.55. The molecule has 0 radical (unpaired) electrons. The van der Waals surface area contributed by atoms with Crippen molar-refractivity contribution in [2.45, 2.75) is 20.5 Å². The molecule has 124 valence electrons. The first-order valence-corrected chi connectivity index (χ1v) is 7.96. The fourth-order valence-corrected chi connectivity index (χ4v) is 2.79. The lowest BCUT2D eigenvalue weighted by atomic mass is 10.1. The summed E-state index contributed by atoms with van der Waals surface area (Å²) in [5.74, 6) is 0.665. The Morgan fingerprint density at radius 1 is 1.17 bits per heavy atom. The maximum absolute atomic E-state index is 11.1. The summed E-state index contributed by atoms with van der Waals surface area (Å²) in [5.41, 5.74) is 2.30. The van der Waals surface area contributed by atoms with E-state index < -0.39 is 5.97 Å². The molecule has 3 rings (SSSR count). The van der Waals surface area contributed by atoms with Gasteiger partial charge in [-0.3, -0.25) is 4.79 Å². The SMILES string of the molecule is CC(=O)Oc1coc2cc(OCc3ccc(Cl)cc3Cl)c(C)cc12. The topological polar surface area (TPSA) is 48.7 Å². The summed E-state index contributed by atoms with van der Waals surface area (Å²) in [7, 11) is 0. The quantitative estimate of drug-likeness (QED) is 0.569. The van der Waals surface area contributed by atoms with Crippen LogP contribution in [0.15, 0.2) is 41.0 Å². The number of ether oxygens (including phenoxy) is 2. The van der Waals surface area contributed by atoms with E-state index in [2.05, 4.69) is 0 Å². The lowest BCUT2D eigenvalue weighted by Gasteiger charge is -2.10. The molecule has 0 aliphatic rings. The third-order valence-electron chi connectivity index (χ3n) is 3.49. The van der Waals surface area contributed by atoms with Gasteiger partial charge in [0, 0.05) is 28.6 Å². The monoisotopic (exact) mass is 364 g/mol. The average molecular weight is 365 g/mol. The summed E-state index contributed by atoms with van der Waals surface area (Å²) in [4.78, 5) is 11.1. The Morgan fingerprint density at radius 2 is 1.96 bits per heavy atom. The number of esters is 1. The summed E-state index contributed by atoms with van der Waals surface area (Å²) < 4.78 is 16.4. The largest absolute Gasteiger partial charge is 0.488 e. The highest BCUT2D eigenvalue weighted by molar-refractivity contribution is 6.35. The Balaban J connectivity index is 1.84. The van der Waals surface area contributed by atoms with Crippen molar-refractivity contribution in [3.05, 3.63) is 57.8 Å². The molecule has 6 heteroatoms. The average Bonchev–Trinajstić information content (AvgIpc) is 2.87. The molecular formula is C18H14Cl2O4. The minimum Gasteiger partial charge on any atom is -0.488 e. The first-order valence-electron chi connectivity index (χ1n) is 7.21. The molecule has 3 aromatic rings. The molecule has 0 bridgehead atoms. The Labute approximate surface area is 148 Å². The van der Waals surface area contributed by atoms with Gasteiger partial charge in [0.2, 0.25) is 0 Å². The molecule has 0 unspecified atom stereocenters. The van der Waals surface area contributed by atoms with Gasteiger partial charge < -0.3 is 13.9 Å². The van der Waals surface area contributed by atoms with Crippen LogP contribution in [0.3, 0.4) is 0 Å². The van der Waals surface area contributed by atoms with Gasteiger partial charge >= 0.3 is 5.97 Å². The van der Waals surface area contributed by atoms with Crippen LogP contribution in [-0.2, 0) is 11.4 Å². The highest BCUT2D eigenvalue weighted by Gasteiger charge is 2.13. The molecule has 1 aromatic heterocycles. The van der Waals surface area contributed by atoms with Gasteiger partial charge in [-0.1, -0.05) is 29.3 Å². The first-order chi connectivity index (χ1) is 11.4. The van der Waals surface area contributed by atoms with Crippen LogP contribution in [0.4, 0.5) is 0 Å². The number of hydrogen-bond acceptors (Lipinski definition) is 4. The summed E-state index contributed by atoms with van der Waals surface area (Å²) in [6.07, 6.45) is 1.41. The summed E-state index contributed by atoms with van der Waals surface area (Å²) >= 11 is 12.0. The summed E-state index contributed by atoms with van der Waals surface area (Å²) in [6.45, 7) is 3.56. The molecule has 0 N–H and O–H groups in total. The van der Waals surface area contributed by atoms with Crippen LogP contribution in [0.1, 0.15) is 18.1 Å².